The van der Waals surface area contributed by atoms with Gasteiger partial charge in [0.2, 0.25) is 0 Å². The van der Waals surface area contributed by atoms with Crippen LogP contribution in [0.3, 0.4) is 0 Å². The lowest BCUT2D eigenvalue weighted by Gasteiger charge is -2.33. The number of halogens is 1. The van der Waals surface area contributed by atoms with E-state index in [1.54, 1.807) is 0 Å². The molecule has 1 saturated carbocycles. The summed E-state index contributed by atoms with van der Waals surface area (Å²) in [6, 6.07) is 16.3. The topological polar surface area (TPSA) is 24.1 Å². The Morgan fingerprint density at radius 1 is 1.04 bits per heavy atom. The first-order valence-electron chi connectivity index (χ1n) is 8.00. The summed E-state index contributed by atoms with van der Waals surface area (Å²) < 4.78 is 0. The van der Waals surface area contributed by atoms with Gasteiger partial charge < -0.3 is 10.6 Å². The van der Waals surface area contributed by atoms with E-state index >= 15 is 0 Å². The molecule has 2 N–H and O–H groups in total. The summed E-state index contributed by atoms with van der Waals surface area (Å²) >= 11 is 12.0. The Morgan fingerprint density at radius 2 is 1.70 bits per heavy atom. The standard InChI is InChI=1S/C19H21ClN2S/c1-14-8-10-15(11-9-14)21-18(23)22-19(12-4-5-13-19)16-6-2-3-7-17(16)20/h2-3,6-11H,4-5,12-13H2,1H3,(H2,21,22,23). The Morgan fingerprint density at radius 3 is 2.35 bits per heavy atom. The zero-order chi connectivity index (χ0) is 16.3. The van der Waals surface area contributed by atoms with Crippen LogP contribution in [0.25, 0.3) is 0 Å². The molecule has 0 heterocycles. The molecule has 0 saturated heterocycles. The predicted octanol–water partition coefficient (Wildman–Crippen LogP) is 5.40. The predicted molar refractivity (Wildman–Crippen MR) is 102 cm³/mol. The van der Waals surface area contributed by atoms with Crippen molar-refractivity contribution in [2.45, 2.75) is 38.1 Å². The van der Waals surface area contributed by atoms with Crippen molar-refractivity contribution in [2.24, 2.45) is 0 Å². The number of thiocarbonyl (C=S) groups is 1. The van der Waals surface area contributed by atoms with Gasteiger partial charge in [-0.05, 0) is 55.7 Å². The third-order valence-electron chi connectivity index (χ3n) is 4.51. The van der Waals surface area contributed by atoms with Gasteiger partial charge in [0.15, 0.2) is 5.11 Å². The molecule has 0 aromatic heterocycles. The highest BCUT2D eigenvalue weighted by atomic mass is 35.5. The molecule has 0 spiro atoms. The minimum absolute atomic E-state index is 0.160. The fourth-order valence-corrected chi connectivity index (χ4v) is 3.94. The Hall–Kier alpha value is -1.58. The number of anilines is 1. The second kappa shape index (κ2) is 6.90. The van der Waals surface area contributed by atoms with E-state index < -0.39 is 0 Å². The lowest BCUT2D eigenvalue weighted by molar-refractivity contribution is 0.408. The molecule has 0 aliphatic heterocycles. The van der Waals surface area contributed by atoms with E-state index in [2.05, 4.69) is 35.8 Å². The number of nitrogens with one attached hydrogen (secondary N) is 2. The number of benzene rings is 2. The fraction of sp³-hybridized carbons (Fsp3) is 0.316. The second-order valence-corrected chi connectivity index (χ2v) is 7.03. The third kappa shape index (κ3) is 3.67. The van der Waals surface area contributed by atoms with Crippen LogP contribution in [-0.2, 0) is 5.54 Å². The summed E-state index contributed by atoms with van der Waals surface area (Å²) in [5.74, 6) is 0. The lowest BCUT2D eigenvalue weighted by Crippen LogP contribution is -2.45. The molecule has 4 heteroatoms. The van der Waals surface area contributed by atoms with E-state index in [1.165, 1.54) is 18.4 Å². The van der Waals surface area contributed by atoms with Gasteiger partial charge in [0.25, 0.3) is 0 Å². The second-order valence-electron chi connectivity index (χ2n) is 6.21. The molecule has 0 bridgehead atoms. The molecule has 1 fully saturated rings. The zero-order valence-electron chi connectivity index (χ0n) is 13.2. The van der Waals surface area contributed by atoms with E-state index in [-0.39, 0.29) is 5.54 Å². The van der Waals surface area contributed by atoms with Crippen molar-refractivity contribution >= 4 is 34.6 Å². The molecule has 1 aliphatic carbocycles. The maximum Gasteiger partial charge on any atom is 0.171 e. The van der Waals surface area contributed by atoms with Gasteiger partial charge >= 0.3 is 0 Å². The Labute approximate surface area is 148 Å². The van der Waals surface area contributed by atoms with Gasteiger partial charge in [-0.25, -0.2) is 0 Å². The zero-order valence-corrected chi connectivity index (χ0v) is 14.8. The van der Waals surface area contributed by atoms with Crippen LogP contribution in [-0.4, -0.2) is 5.11 Å². The van der Waals surface area contributed by atoms with Crippen molar-refractivity contribution in [3.63, 3.8) is 0 Å². The smallest absolute Gasteiger partial charge is 0.171 e. The third-order valence-corrected chi connectivity index (χ3v) is 5.04. The molecule has 2 nitrogen and oxygen atoms in total. The van der Waals surface area contributed by atoms with E-state index in [1.807, 2.05) is 30.3 Å². The van der Waals surface area contributed by atoms with Gasteiger partial charge in [-0.2, -0.15) is 0 Å². The average molecular weight is 345 g/mol. The molecule has 23 heavy (non-hydrogen) atoms. The number of hydrogen-bond acceptors (Lipinski definition) is 1. The molecular formula is C19H21ClN2S. The van der Waals surface area contributed by atoms with Crippen LogP contribution < -0.4 is 10.6 Å². The Kier molecular flexibility index (Phi) is 4.88. The molecule has 2 aromatic rings. The average Bonchev–Trinajstić information content (AvgIpc) is 2.99. The van der Waals surface area contributed by atoms with Crippen molar-refractivity contribution < 1.29 is 0 Å². The highest BCUT2D eigenvalue weighted by Gasteiger charge is 2.37. The molecule has 0 unspecified atom stereocenters. The van der Waals surface area contributed by atoms with Crippen LogP contribution >= 0.6 is 23.8 Å². The van der Waals surface area contributed by atoms with Crippen LogP contribution in [0.2, 0.25) is 5.02 Å². The largest absolute Gasteiger partial charge is 0.353 e. The summed E-state index contributed by atoms with van der Waals surface area (Å²) in [6.07, 6.45) is 4.47. The molecule has 2 aromatic carbocycles. The van der Waals surface area contributed by atoms with Crippen molar-refractivity contribution in [3.8, 4) is 0 Å². The van der Waals surface area contributed by atoms with Crippen molar-refractivity contribution in [2.75, 3.05) is 5.32 Å². The van der Waals surface area contributed by atoms with Crippen molar-refractivity contribution in [3.05, 3.63) is 64.7 Å². The maximum absolute atomic E-state index is 6.45. The SMILES string of the molecule is Cc1ccc(NC(=S)NC2(c3ccccc3Cl)CCCC2)cc1. The summed E-state index contributed by atoms with van der Waals surface area (Å²) in [5, 5.41) is 8.29. The van der Waals surface area contributed by atoms with Crippen LogP contribution in [0, 0.1) is 6.92 Å². The van der Waals surface area contributed by atoms with E-state index in [0.29, 0.717) is 5.11 Å². The summed E-state index contributed by atoms with van der Waals surface area (Å²) in [7, 11) is 0. The summed E-state index contributed by atoms with van der Waals surface area (Å²) in [5.41, 5.74) is 3.22. The van der Waals surface area contributed by atoms with Gasteiger partial charge in [-0.3, -0.25) is 0 Å². The van der Waals surface area contributed by atoms with Crippen LogP contribution in [0.5, 0.6) is 0 Å². The molecular weight excluding hydrogens is 324 g/mol. The quantitative estimate of drug-likeness (QED) is 0.728. The first-order chi connectivity index (χ1) is 11.1. The number of rotatable bonds is 3. The fourth-order valence-electron chi connectivity index (χ4n) is 3.31. The van der Waals surface area contributed by atoms with Gasteiger partial charge in [-0.1, -0.05) is 60.3 Å². The molecule has 0 atom stereocenters. The van der Waals surface area contributed by atoms with Crippen LogP contribution in [0.4, 0.5) is 5.69 Å². The van der Waals surface area contributed by atoms with Gasteiger partial charge in [0.1, 0.15) is 0 Å². The highest BCUT2D eigenvalue weighted by molar-refractivity contribution is 7.80. The Balaban J connectivity index is 1.79. The van der Waals surface area contributed by atoms with E-state index in [0.717, 1.165) is 29.1 Å². The molecule has 1 aliphatic rings. The van der Waals surface area contributed by atoms with Gasteiger partial charge in [0.05, 0.1) is 5.54 Å². The molecule has 0 amide bonds. The van der Waals surface area contributed by atoms with Gasteiger partial charge in [0, 0.05) is 10.7 Å². The van der Waals surface area contributed by atoms with Crippen molar-refractivity contribution in [1.29, 1.82) is 0 Å². The molecule has 0 radical (unpaired) electrons. The monoisotopic (exact) mass is 344 g/mol. The maximum atomic E-state index is 6.45. The minimum atomic E-state index is -0.160. The van der Waals surface area contributed by atoms with E-state index in [4.69, 9.17) is 23.8 Å². The lowest BCUT2D eigenvalue weighted by atomic mass is 9.88. The summed E-state index contributed by atoms with van der Waals surface area (Å²) in [6.45, 7) is 2.07. The highest BCUT2D eigenvalue weighted by Crippen LogP contribution is 2.41. The summed E-state index contributed by atoms with van der Waals surface area (Å²) in [4.78, 5) is 0. The number of aryl methyl sites for hydroxylation is 1. The van der Waals surface area contributed by atoms with Crippen molar-refractivity contribution in [1.82, 2.24) is 5.32 Å². The molecule has 120 valence electrons. The van der Waals surface area contributed by atoms with E-state index in [9.17, 15) is 0 Å². The normalized spacial score (nSPS) is 16.1. The molecule has 3 rings (SSSR count). The van der Waals surface area contributed by atoms with Gasteiger partial charge in [-0.15, -0.1) is 0 Å². The van der Waals surface area contributed by atoms with Crippen LogP contribution in [0.1, 0.15) is 36.8 Å². The van der Waals surface area contributed by atoms with Crippen LogP contribution in [0.15, 0.2) is 48.5 Å². The Bertz CT molecular complexity index is 691. The minimum Gasteiger partial charge on any atom is -0.353 e. The first kappa shape index (κ1) is 16.3. The first-order valence-corrected chi connectivity index (χ1v) is 8.79. The number of hydrogen-bond donors (Lipinski definition) is 2.